The molecule has 1 aromatic carbocycles. The molecule has 3 fully saturated rings. The van der Waals surface area contributed by atoms with E-state index in [-0.39, 0.29) is 29.8 Å². The molecule has 12 heteroatoms. The standard InChI is InChI=1S/C21H20ClF3N6O2/c1-32-17-9-14(5-6-26-17)30-10-12-7-16(30)18(12)27-19-28-20(31(29-19)11-21(23,24)25)33-15-4-2-3-13(22)8-15/h2-6,8-9,12,16,18H,7,10-11H2,1H3,(H,27,29). The van der Waals surface area contributed by atoms with Crippen LogP contribution in [0, 0.1) is 5.92 Å². The molecule has 2 aliphatic heterocycles. The third-order valence-electron chi connectivity index (χ3n) is 5.83. The second-order valence-electron chi connectivity index (χ2n) is 7.99. The van der Waals surface area contributed by atoms with Crippen molar-refractivity contribution in [3.05, 3.63) is 47.6 Å². The highest BCUT2D eigenvalue weighted by Crippen LogP contribution is 2.45. The Morgan fingerprint density at radius 3 is 2.85 bits per heavy atom. The van der Waals surface area contributed by atoms with Crippen molar-refractivity contribution >= 4 is 23.2 Å². The number of hydrogen-bond donors (Lipinski definition) is 1. The van der Waals surface area contributed by atoms with Gasteiger partial charge in [0, 0.05) is 41.5 Å². The van der Waals surface area contributed by atoms with Gasteiger partial charge in [0.05, 0.1) is 13.2 Å². The molecule has 6 rings (SSSR count). The third-order valence-corrected chi connectivity index (χ3v) is 6.06. The van der Waals surface area contributed by atoms with Crippen molar-refractivity contribution in [2.24, 2.45) is 5.92 Å². The molecule has 1 saturated carbocycles. The molecule has 4 heterocycles. The SMILES string of the molecule is COc1cc(N2CC3CC2C3Nc2nc(Oc3cccc(Cl)c3)n(CC(F)(F)F)n2)ccn1. The van der Waals surface area contributed by atoms with Gasteiger partial charge in [-0.1, -0.05) is 17.7 Å². The topological polar surface area (TPSA) is 77.3 Å². The van der Waals surface area contributed by atoms with Crippen molar-refractivity contribution in [3.8, 4) is 17.6 Å². The highest BCUT2D eigenvalue weighted by atomic mass is 35.5. The first-order valence-corrected chi connectivity index (χ1v) is 10.6. The first kappa shape index (κ1) is 21.6. The minimum absolute atomic E-state index is 0.00455. The first-order chi connectivity index (χ1) is 15.8. The summed E-state index contributed by atoms with van der Waals surface area (Å²) >= 11 is 5.95. The molecule has 0 spiro atoms. The van der Waals surface area contributed by atoms with E-state index in [1.165, 1.54) is 6.07 Å². The maximum atomic E-state index is 13.1. The van der Waals surface area contributed by atoms with Crippen LogP contribution in [0.1, 0.15) is 6.42 Å². The van der Waals surface area contributed by atoms with E-state index in [9.17, 15) is 13.2 Å². The summed E-state index contributed by atoms with van der Waals surface area (Å²) < 4.78 is 50.8. The molecule has 2 aromatic heterocycles. The van der Waals surface area contributed by atoms with Crippen LogP contribution < -0.4 is 19.7 Å². The van der Waals surface area contributed by atoms with E-state index in [4.69, 9.17) is 21.1 Å². The summed E-state index contributed by atoms with van der Waals surface area (Å²) in [6, 6.07) is 10.0. The predicted molar refractivity (Wildman–Crippen MR) is 115 cm³/mol. The lowest BCUT2D eigenvalue weighted by atomic mass is 9.80. The summed E-state index contributed by atoms with van der Waals surface area (Å²) in [4.78, 5) is 10.6. The number of aromatic nitrogens is 4. The zero-order chi connectivity index (χ0) is 23.2. The van der Waals surface area contributed by atoms with Crippen LogP contribution in [0.3, 0.4) is 0 Å². The number of hydrogen-bond acceptors (Lipinski definition) is 7. The molecule has 1 N–H and O–H groups in total. The molecular weight excluding hydrogens is 461 g/mol. The van der Waals surface area contributed by atoms with Crippen molar-refractivity contribution in [1.29, 1.82) is 0 Å². The Labute approximate surface area is 192 Å². The summed E-state index contributed by atoms with van der Waals surface area (Å²) in [5, 5.41) is 7.63. The lowest BCUT2D eigenvalue weighted by molar-refractivity contribution is -0.143. The molecule has 3 aromatic rings. The minimum atomic E-state index is -4.48. The maximum absolute atomic E-state index is 13.1. The van der Waals surface area contributed by atoms with Crippen molar-refractivity contribution in [3.63, 3.8) is 0 Å². The number of ether oxygens (including phenoxy) is 2. The number of fused-ring (bicyclic) bond motifs is 1. The normalized spacial score (nSPS) is 21.6. The second kappa shape index (κ2) is 8.29. The Kier molecular flexibility index (Phi) is 5.43. The first-order valence-electron chi connectivity index (χ1n) is 10.3. The van der Waals surface area contributed by atoms with Gasteiger partial charge in [-0.15, -0.1) is 5.10 Å². The van der Waals surface area contributed by atoms with E-state index >= 15 is 0 Å². The van der Waals surface area contributed by atoms with Gasteiger partial charge in [-0.3, -0.25) is 0 Å². The van der Waals surface area contributed by atoms with Crippen LogP contribution >= 0.6 is 11.6 Å². The Hall–Kier alpha value is -3.21. The van der Waals surface area contributed by atoms with E-state index in [1.54, 1.807) is 31.5 Å². The van der Waals surface area contributed by atoms with Crippen LogP contribution in [0.15, 0.2) is 42.6 Å². The zero-order valence-corrected chi connectivity index (χ0v) is 18.2. The number of halogens is 4. The number of nitrogens with zero attached hydrogens (tertiary/aromatic N) is 5. The average molecular weight is 481 g/mol. The van der Waals surface area contributed by atoms with Crippen LogP contribution in [0.5, 0.6) is 17.6 Å². The average Bonchev–Trinajstić information content (AvgIpc) is 3.45. The van der Waals surface area contributed by atoms with Crippen molar-refractivity contribution in [2.45, 2.75) is 31.2 Å². The summed E-state index contributed by atoms with van der Waals surface area (Å²) in [5.41, 5.74) is 0.985. The van der Waals surface area contributed by atoms with Crippen molar-refractivity contribution in [1.82, 2.24) is 19.7 Å². The van der Waals surface area contributed by atoms with Gasteiger partial charge < -0.3 is 19.7 Å². The lowest BCUT2D eigenvalue weighted by Gasteiger charge is -2.37. The molecule has 2 bridgehead atoms. The second-order valence-corrected chi connectivity index (χ2v) is 8.43. The maximum Gasteiger partial charge on any atom is 0.408 e. The fraction of sp³-hybridized carbons (Fsp3) is 0.381. The Balaban J connectivity index is 1.34. The largest absolute Gasteiger partial charge is 0.481 e. The lowest BCUT2D eigenvalue weighted by Crippen LogP contribution is -2.49. The van der Waals surface area contributed by atoms with E-state index in [0.717, 1.165) is 18.7 Å². The predicted octanol–water partition coefficient (Wildman–Crippen LogP) is 4.38. The quantitative estimate of drug-likeness (QED) is 0.537. The van der Waals surface area contributed by atoms with Gasteiger partial charge in [-0.05, 0) is 30.7 Å². The van der Waals surface area contributed by atoms with Crippen molar-refractivity contribution in [2.75, 3.05) is 23.9 Å². The summed E-state index contributed by atoms with van der Waals surface area (Å²) in [5.74, 6) is 1.20. The number of pyridine rings is 1. The van der Waals surface area contributed by atoms with Crippen LogP contribution in [0.4, 0.5) is 24.8 Å². The number of rotatable bonds is 7. The molecule has 2 saturated heterocycles. The van der Waals surface area contributed by atoms with Gasteiger partial charge in [0.2, 0.25) is 11.8 Å². The zero-order valence-electron chi connectivity index (χ0n) is 17.5. The van der Waals surface area contributed by atoms with E-state index < -0.39 is 12.7 Å². The third kappa shape index (κ3) is 4.50. The summed E-state index contributed by atoms with van der Waals surface area (Å²) in [6.07, 6.45) is -1.83. The molecule has 33 heavy (non-hydrogen) atoms. The monoisotopic (exact) mass is 480 g/mol. The molecule has 3 aliphatic rings. The molecule has 3 atom stereocenters. The summed E-state index contributed by atoms with van der Waals surface area (Å²) in [6.45, 7) is -0.511. The molecular formula is C21H20ClF3N6O2. The smallest absolute Gasteiger partial charge is 0.408 e. The molecule has 0 radical (unpaired) electrons. The number of benzene rings is 1. The van der Waals surface area contributed by atoms with Crippen molar-refractivity contribution < 1.29 is 22.6 Å². The fourth-order valence-corrected chi connectivity index (χ4v) is 4.52. The Bertz CT molecular complexity index is 1160. The van der Waals surface area contributed by atoms with E-state index in [0.29, 0.717) is 21.5 Å². The molecule has 174 valence electrons. The van der Waals surface area contributed by atoms with Gasteiger partial charge in [0.15, 0.2) is 0 Å². The number of anilines is 2. The molecule has 0 amide bonds. The Morgan fingerprint density at radius 2 is 2.09 bits per heavy atom. The van der Waals surface area contributed by atoms with E-state index in [2.05, 4.69) is 25.3 Å². The van der Waals surface area contributed by atoms with Gasteiger partial charge >= 0.3 is 12.2 Å². The highest BCUT2D eigenvalue weighted by Gasteiger charge is 2.52. The minimum Gasteiger partial charge on any atom is -0.481 e. The van der Waals surface area contributed by atoms with Gasteiger partial charge in [0.1, 0.15) is 12.3 Å². The van der Waals surface area contributed by atoms with Crippen LogP contribution in [-0.4, -0.2) is 51.7 Å². The molecule has 3 unspecified atom stereocenters. The molecule has 8 nitrogen and oxygen atoms in total. The van der Waals surface area contributed by atoms with Gasteiger partial charge in [-0.25, -0.2) is 9.67 Å². The van der Waals surface area contributed by atoms with Crippen LogP contribution in [0.2, 0.25) is 5.02 Å². The van der Waals surface area contributed by atoms with Gasteiger partial charge in [0.25, 0.3) is 0 Å². The number of nitrogens with one attached hydrogen (secondary N) is 1. The number of methoxy groups -OCH3 is 1. The number of alkyl halides is 3. The molecule has 1 aliphatic carbocycles. The fourth-order valence-electron chi connectivity index (χ4n) is 4.34. The highest BCUT2D eigenvalue weighted by molar-refractivity contribution is 6.30. The summed E-state index contributed by atoms with van der Waals surface area (Å²) in [7, 11) is 1.56. The van der Waals surface area contributed by atoms with Crippen LogP contribution in [0.25, 0.3) is 0 Å². The van der Waals surface area contributed by atoms with E-state index in [1.807, 2.05) is 12.1 Å². The Morgan fingerprint density at radius 1 is 1.24 bits per heavy atom. The van der Waals surface area contributed by atoms with Crippen LogP contribution in [-0.2, 0) is 6.54 Å². The van der Waals surface area contributed by atoms with Gasteiger partial charge in [-0.2, -0.15) is 18.2 Å².